The van der Waals surface area contributed by atoms with E-state index in [1.54, 1.807) is 12.1 Å². The van der Waals surface area contributed by atoms with E-state index >= 15 is 0 Å². The first-order valence-corrected chi connectivity index (χ1v) is 9.01. The van der Waals surface area contributed by atoms with Crippen LogP contribution in [0.1, 0.15) is 19.3 Å². The third-order valence-electron chi connectivity index (χ3n) is 4.02. The molecular formula is C17H18FNO3S. The number of halogens is 1. The van der Waals surface area contributed by atoms with Gasteiger partial charge in [-0.3, -0.25) is 0 Å². The molecule has 0 spiro atoms. The van der Waals surface area contributed by atoms with E-state index < -0.39 is 15.8 Å². The molecule has 0 radical (unpaired) electrons. The first-order chi connectivity index (χ1) is 11.0. The zero-order valence-corrected chi connectivity index (χ0v) is 13.4. The van der Waals surface area contributed by atoms with E-state index in [0.29, 0.717) is 24.2 Å². The van der Waals surface area contributed by atoms with Crippen molar-refractivity contribution in [2.75, 3.05) is 13.1 Å². The predicted molar refractivity (Wildman–Crippen MR) is 86.1 cm³/mol. The second-order valence-corrected chi connectivity index (χ2v) is 7.63. The summed E-state index contributed by atoms with van der Waals surface area (Å²) in [4.78, 5) is 0.240. The Hall–Kier alpha value is -1.92. The van der Waals surface area contributed by atoms with Crippen molar-refractivity contribution < 1.29 is 17.9 Å². The molecule has 0 atom stereocenters. The van der Waals surface area contributed by atoms with Gasteiger partial charge in [0.1, 0.15) is 11.6 Å². The smallest absolute Gasteiger partial charge is 0.243 e. The largest absolute Gasteiger partial charge is 0.508 e. The molecule has 4 nitrogen and oxygen atoms in total. The molecule has 23 heavy (non-hydrogen) atoms. The van der Waals surface area contributed by atoms with Crippen LogP contribution in [-0.2, 0) is 10.0 Å². The highest BCUT2D eigenvalue weighted by molar-refractivity contribution is 7.89. The molecule has 0 aliphatic carbocycles. The van der Waals surface area contributed by atoms with Crippen molar-refractivity contribution in [2.45, 2.75) is 24.2 Å². The Labute approximate surface area is 135 Å². The molecule has 0 aromatic heterocycles. The van der Waals surface area contributed by atoms with Crippen molar-refractivity contribution in [3.8, 4) is 16.9 Å². The van der Waals surface area contributed by atoms with Crippen LogP contribution >= 0.6 is 0 Å². The molecule has 0 bridgehead atoms. The van der Waals surface area contributed by atoms with Gasteiger partial charge in [-0.2, -0.15) is 4.31 Å². The van der Waals surface area contributed by atoms with Crippen LogP contribution in [-0.4, -0.2) is 30.9 Å². The summed E-state index contributed by atoms with van der Waals surface area (Å²) >= 11 is 0. The summed E-state index contributed by atoms with van der Waals surface area (Å²) in [7, 11) is -3.47. The Morgan fingerprint density at radius 2 is 1.57 bits per heavy atom. The molecule has 1 saturated heterocycles. The monoisotopic (exact) mass is 335 g/mol. The summed E-state index contributed by atoms with van der Waals surface area (Å²) in [5.41, 5.74) is 1.15. The van der Waals surface area contributed by atoms with Crippen LogP contribution in [0.3, 0.4) is 0 Å². The number of hydrogen-bond acceptors (Lipinski definition) is 3. The zero-order chi connectivity index (χ0) is 16.4. The van der Waals surface area contributed by atoms with E-state index in [2.05, 4.69) is 0 Å². The topological polar surface area (TPSA) is 57.6 Å². The van der Waals surface area contributed by atoms with Gasteiger partial charge >= 0.3 is 0 Å². The van der Waals surface area contributed by atoms with Crippen molar-refractivity contribution >= 4 is 10.0 Å². The van der Waals surface area contributed by atoms with Crippen LogP contribution in [0.2, 0.25) is 0 Å². The number of piperidine rings is 1. The molecule has 0 amide bonds. The molecule has 122 valence electrons. The summed E-state index contributed by atoms with van der Waals surface area (Å²) in [6, 6.07) is 10.1. The van der Waals surface area contributed by atoms with Crippen molar-refractivity contribution in [2.24, 2.45) is 0 Å². The second kappa shape index (κ2) is 6.29. The highest BCUT2D eigenvalue weighted by atomic mass is 32.2. The van der Waals surface area contributed by atoms with Gasteiger partial charge in [-0.1, -0.05) is 18.6 Å². The number of phenolic OH excluding ortho intramolecular Hbond substituents is 1. The summed E-state index contributed by atoms with van der Waals surface area (Å²) in [5, 5.41) is 9.47. The third-order valence-corrected chi connectivity index (χ3v) is 5.94. The Balaban J connectivity index is 1.89. The van der Waals surface area contributed by atoms with Crippen LogP contribution in [0, 0.1) is 5.82 Å². The molecule has 2 aromatic carbocycles. The maximum absolute atomic E-state index is 13.4. The van der Waals surface area contributed by atoms with E-state index in [4.69, 9.17) is 0 Å². The van der Waals surface area contributed by atoms with E-state index in [9.17, 15) is 17.9 Å². The first-order valence-electron chi connectivity index (χ1n) is 7.57. The molecule has 0 unspecified atom stereocenters. The Morgan fingerprint density at radius 1 is 0.913 bits per heavy atom. The Morgan fingerprint density at radius 3 is 2.17 bits per heavy atom. The molecular weight excluding hydrogens is 317 g/mol. The molecule has 3 rings (SSSR count). The van der Waals surface area contributed by atoms with E-state index in [1.165, 1.54) is 28.6 Å². The van der Waals surface area contributed by atoms with Crippen LogP contribution in [0.25, 0.3) is 11.1 Å². The van der Waals surface area contributed by atoms with Gasteiger partial charge in [0, 0.05) is 19.2 Å². The highest BCUT2D eigenvalue weighted by Gasteiger charge is 2.25. The quantitative estimate of drug-likeness (QED) is 0.935. The molecule has 1 heterocycles. The molecule has 1 aliphatic rings. The van der Waals surface area contributed by atoms with Gasteiger partial charge in [0.05, 0.1) is 4.90 Å². The Bertz CT molecular complexity index is 777. The lowest BCUT2D eigenvalue weighted by Gasteiger charge is -2.25. The molecule has 1 N–H and O–H groups in total. The normalized spacial score (nSPS) is 16.4. The number of phenols is 1. The van der Waals surface area contributed by atoms with Crippen molar-refractivity contribution in [1.82, 2.24) is 4.31 Å². The van der Waals surface area contributed by atoms with Crippen LogP contribution in [0.5, 0.6) is 5.75 Å². The lowest BCUT2D eigenvalue weighted by molar-refractivity contribution is 0.346. The summed E-state index contributed by atoms with van der Waals surface area (Å²) < 4.78 is 40.0. The number of nitrogens with zero attached hydrogens (tertiary/aromatic N) is 1. The van der Waals surface area contributed by atoms with E-state index in [0.717, 1.165) is 25.3 Å². The minimum Gasteiger partial charge on any atom is -0.508 e. The van der Waals surface area contributed by atoms with Gasteiger partial charge in [0.25, 0.3) is 0 Å². The van der Waals surface area contributed by atoms with Crippen LogP contribution in [0.4, 0.5) is 4.39 Å². The van der Waals surface area contributed by atoms with Crippen LogP contribution in [0.15, 0.2) is 47.4 Å². The molecule has 6 heteroatoms. The summed E-state index contributed by atoms with van der Waals surface area (Å²) in [5.74, 6) is -0.699. The van der Waals surface area contributed by atoms with Crippen molar-refractivity contribution in [1.29, 1.82) is 0 Å². The van der Waals surface area contributed by atoms with Gasteiger partial charge in [0.2, 0.25) is 10.0 Å². The van der Waals surface area contributed by atoms with Gasteiger partial charge in [0.15, 0.2) is 0 Å². The van der Waals surface area contributed by atoms with Crippen molar-refractivity contribution in [3.05, 3.63) is 48.3 Å². The van der Waals surface area contributed by atoms with Gasteiger partial charge in [-0.25, -0.2) is 12.8 Å². The predicted octanol–water partition coefficient (Wildman–Crippen LogP) is 3.37. The van der Waals surface area contributed by atoms with Crippen LogP contribution < -0.4 is 0 Å². The maximum atomic E-state index is 13.4. The minimum atomic E-state index is -3.47. The SMILES string of the molecule is O=S(=O)(c1ccc(-c2cc(O)cc(F)c2)cc1)N1CCCCC1. The lowest BCUT2D eigenvalue weighted by atomic mass is 10.1. The maximum Gasteiger partial charge on any atom is 0.243 e. The van der Waals surface area contributed by atoms with E-state index in [-0.39, 0.29) is 10.6 Å². The average molecular weight is 335 g/mol. The third kappa shape index (κ3) is 3.38. The van der Waals surface area contributed by atoms with Crippen molar-refractivity contribution in [3.63, 3.8) is 0 Å². The fourth-order valence-corrected chi connectivity index (χ4v) is 4.33. The fraction of sp³-hybridized carbons (Fsp3) is 0.294. The molecule has 1 aliphatic heterocycles. The van der Waals surface area contributed by atoms with Gasteiger partial charge in [-0.15, -0.1) is 0 Å². The second-order valence-electron chi connectivity index (χ2n) is 5.69. The average Bonchev–Trinajstić information content (AvgIpc) is 2.55. The highest BCUT2D eigenvalue weighted by Crippen LogP contribution is 2.27. The van der Waals surface area contributed by atoms with E-state index in [1.807, 2.05) is 0 Å². The number of sulfonamides is 1. The lowest BCUT2D eigenvalue weighted by Crippen LogP contribution is -2.35. The first kappa shape index (κ1) is 16.0. The number of aromatic hydroxyl groups is 1. The van der Waals surface area contributed by atoms with Gasteiger partial charge < -0.3 is 5.11 Å². The number of benzene rings is 2. The van der Waals surface area contributed by atoms with Gasteiger partial charge in [-0.05, 0) is 48.2 Å². The standard InChI is InChI=1S/C17H18FNO3S/c18-15-10-14(11-16(20)12-15)13-4-6-17(7-5-13)23(21,22)19-8-2-1-3-9-19/h4-7,10-12,20H,1-3,8-9H2. The number of rotatable bonds is 3. The summed E-state index contributed by atoms with van der Waals surface area (Å²) in [6.07, 6.45) is 2.84. The molecule has 1 fully saturated rings. The minimum absolute atomic E-state index is 0.162. The molecule has 0 saturated carbocycles. The summed E-state index contributed by atoms with van der Waals surface area (Å²) in [6.45, 7) is 1.11. The number of hydrogen-bond donors (Lipinski definition) is 1. The fourth-order valence-electron chi connectivity index (χ4n) is 2.81. The Kier molecular flexibility index (Phi) is 4.37. The zero-order valence-electron chi connectivity index (χ0n) is 12.6. The molecule has 2 aromatic rings.